The molecule has 0 aliphatic rings. The van der Waals surface area contributed by atoms with E-state index >= 15 is 0 Å². The zero-order chi connectivity index (χ0) is 22.0. The zero-order valence-electron chi connectivity index (χ0n) is 17.2. The first-order valence-electron chi connectivity index (χ1n) is 9.46. The van der Waals surface area contributed by atoms with E-state index in [-0.39, 0.29) is 11.1 Å². The van der Waals surface area contributed by atoms with Gasteiger partial charge in [-0.15, -0.1) is 0 Å². The number of hydrogen-bond acceptors (Lipinski definition) is 6. The molecule has 0 atom stereocenters. The molecule has 31 heavy (non-hydrogen) atoms. The highest BCUT2D eigenvalue weighted by Gasteiger charge is 2.13. The molecule has 0 saturated heterocycles. The average Bonchev–Trinajstić information content (AvgIpc) is 3.18. The van der Waals surface area contributed by atoms with Gasteiger partial charge in [0.1, 0.15) is 22.9 Å². The third-order valence-corrected chi connectivity index (χ3v) is 4.51. The predicted molar refractivity (Wildman–Crippen MR) is 115 cm³/mol. The van der Waals surface area contributed by atoms with Crippen LogP contribution in [0.2, 0.25) is 0 Å². The van der Waals surface area contributed by atoms with E-state index in [4.69, 9.17) is 4.74 Å². The summed E-state index contributed by atoms with van der Waals surface area (Å²) in [7, 11) is 3.45. The Kier molecular flexibility index (Phi) is 5.31. The molecule has 0 unspecified atom stereocenters. The Morgan fingerprint density at radius 3 is 2.58 bits per heavy atom. The molecule has 1 amide bonds. The second-order valence-electron chi connectivity index (χ2n) is 7.06. The summed E-state index contributed by atoms with van der Waals surface area (Å²) in [6.07, 6.45) is 8.41. The minimum Gasteiger partial charge on any atom is -0.456 e. The fourth-order valence-electron chi connectivity index (χ4n) is 3.06. The van der Waals surface area contributed by atoms with E-state index in [0.717, 1.165) is 16.8 Å². The van der Waals surface area contributed by atoms with Gasteiger partial charge in [-0.25, -0.2) is 4.98 Å². The summed E-state index contributed by atoms with van der Waals surface area (Å²) in [4.78, 5) is 33.2. The number of amides is 1. The first-order valence-corrected chi connectivity index (χ1v) is 9.46. The first-order chi connectivity index (χ1) is 14.9. The van der Waals surface area contributed by atoms with Gasteiger partial charge in [-0.1, -0.05) is 0 Å². The van der Waals surface area contributed by atoms with Crippen LogP contribution in [0.3, 0.4) is 0 Å². The standard InChI is InChI=1S/C22H20N6O3/c1-14-8-18(22(30)27(2)12-14)21(29)26-20-5-4-17(11-24-20)31-16-6-7-23-19(9-16)15-10-25-28(3)13-15/h4-13H,1-3H3,(H,24,26,29). The van der Waals surface area contributed by atoms with Gasteiger partial charge in [0.25, 0.3) is 11.5 Å². The topological polar surface area (TPSA) is 104 Å². The van der Waals surface area contributed by atoms with E-state index in [0.29, 0.717) is 17.3 Å². The second kappa shape index (κ2) is 8.23. The normalized spacial score (nSPS) is 10.7. The highest BCUT2D eigenvalue weighted by atomic mass is 16.5. The summed E-state index contributed by atoms with van der Waals surface area (Å²) in [5, 5.41) is 6.79. The van der Waals surface area contributed by atoms with E-state index in [1.807, 2.05) is 20.2 Å². The van der Waals surface area contributed by atoms with Crippen molar-refractivity contribution in [3.05, 3.63) is 82.8 Å². The minimum atomic E-state index is -0.513. The van der Waals surface area contributed by atoms with Gasteiger partial charge in [0.2, 0.25) is 0 Å². The van der Waals surface area contributed by atoms with E-state index in [2.05, 4.69) is 20.4 Å². The van der Waals surface area contributed by atoms with Crippen molar-refractivity contribution in [2.24, 2.45) is 14.1 Å². The maximum atomic E-state index is 12.5. The molecule has 0 spiro atoms. The number of rotatable bonds is 5. The monoisotopic (exact) mass is 416 g/mol. The first kappa shape index (κ1) is 20.0. The lowest BCUT2D eigenvalue weighted by Gasteiger charge is -2.09. The van der Waals surface area contributed by atoms with Gasteiger partial charge >= 0.3 is 0 Å². The fourth-order valence-corrected chi connectivity index (χ4v) is 3.06. The number of hydrogen-bond donors (Lipinski definition) is 1. The highest BCUT2D eigenvalue weighted by Crippen LogP contribution is 2.25. The van der Waals surface area contributed by atoms with Crippen LogP contribution in [0.4, 0.5) is 5.82 Å². The molecule has 9 nitrogen and oxygen atoms in total. The van der Waals surface area contributed by atoms with Gasteiger partial charge in [-0.05, 0) is 36.8 Å². The molecule has 0 aliphatic carbocycles. The van der Waals surface area contributed by atoms with Gasteiger partial charge in [0.05, 0.1) is 18.1 Å². The smallest absolute Gasteiger partial charge is 0.263 e. The molecule has 0 bridgehead atoms. The zero-order valence-corrected chi connectivity index (χ0v) is 17.2. The molecule has 0 saturated carbocycles. The number of nitrogens with zero attached hydrogens (tertiary/aromatic N) is 5. The SMILES string of the molecule is Cc1cc(C(=O)Nc2ccc(Oc3ccnc(-c4cnn(C)c4)c3)cn2)c(=O)n(C)c1. The lowest BCUT2D eigenvalue weighted by Crippen LogP contribution is -2.27. The molecule has 4 heterocycles. The van der Waals surface area contributed by atoms with Crippen LogP contribution in [0.5, 0.6) is 11.5 Å². The Hall–Kier alpha value is -4.27. The molecule has 4 rings (SSSR count). The molecule has 156 valence electrons. The van der Waals surface area contributed by atoms with Gasteiger partial charge in [-0.3, -0.25) is 19.3 Å². The number of aryl methyl sites for hydroxylation is 3. The molecule has 0 aliphatic heterocycles. The van der Waals surface area contributed by atoms with Crippen molar-refractivity contribution in [1.82, 2.24) is 24.3 Å². The van der Waals surface area contributed by atoms with E-state index in [1.54, 1.807) is 60.7 Å². The molecule has 0 aromatic carbocycles. The van der Waals surface area contributed by atoms with Gasteiger partial charge in [0, 0.05) is 44.3 Å². The van der Waals surface area contributed by atoms with Gasteiger partial charge < -0.3 is 14.6 Å². The van der Waals surface area contributed by atoms with Crippen LogP contribution in [-0.4, -0.2) is 30.2 Å². The van der Waals surface area contributed by atoms with Crippen LogP contribution in [-0.2, 0) is 14.1 Å². The van der Waals surface area contributed by atoms with Crippen molar-refractivity contribution in [2.45, 2.75) is 6.92 Å². The second-order valence-corrected chi connectivity index (χ2v) is 7.06. The van der Waals surface area contributed by atoms with Crippen molar-refractivity contribution in [2.75, 3.05) is 5.32 Å². The molecule has 4 aromatic rings. The molecule has 9 heteroatoms. The number of carbonyl (C=O) groups is 1. The molecule has 0 radical (unpaired) electrons. The predicted octanol–water partition coefficient (Wildman–Crippen LogP) is 2.93. The van der Waals surface area contributed by atoms with Crippen molar-refractivity contribution in [1.29, 1.82) is 0 Å². The summed E-state index contributed by atoms with van der Waals surface area (Å²) in [5.41, 5.74) is 2.12. The van der Waals surface area contributed by atoms with E-state index in [1.165, 1.54) is 10.8 Å². The van der Waals surface area contributed by atoms with Gasteiger partial charge in [0.15, 0.2) is 0 Å². The van der Waals surface area contributed by atoms with E-state index < -0.39 is 5.91 Å². The minimum absolute atomic E-state index is 0.0596. The molecule has 0 fully saturated rings. The van der Waals surface area contributed by atoms with Crippen molar-refractivity contribution in [3.8, 4) is 22.8 Å². The lowest BCUT2D eigenvalue weighted by molar-refractivity contribution is 0.102. The Morgan fingerprint density at radius 1 is 1.03 bits per heavy atom. The highest BCUT2D eigenvalue weighted by molar-refractivity contribution is 6.03. The molecular weight excluding hydrogens is 396 g/mol. The van der Waals surface area contributed by atoms with E-state index in [9.17, 15) is 9.59 Å². The number of ether oxygens (including phenoxy) is 1. The number of nitrogens with one attached hydrogen (secondary N) is 1. The van der Waals surface area contributed by atoms with Crippen LogP contribution in [0, 0.1) is 6.92 Å². The molecule has 1 N–H and O–H groups in total. The summed E-state index contributed by atoms with van der Waals surface area (Å²) in [6.45, 7) is 1.82. The number of anilines is 1. The van der Waals surface area contributed by atoms with Gasteiger partial charge in [-0.2, -0.15) is 5.10 Å². The Labute approximate surface area is 178 Å². The summed E-state index contributed by atoms with van der Waals surface area (Å²) < 4.78 is 8.93. The summed E-state index contributed by atoms with van der Waals surface area (Å²) >= 11 is 0. The van der Waals surface area contributed by atoms with Crippen LogP contribution < -0.4 is 15.6 Å². The maximum Gasteiger partial charge on any atom is 0.263 e. The third-order valence-electron chi connectivity index (χ3n) is 4.51. The quantitative estimate of drug-likeness (QED) is 0.536. The Balaban J connectivity index is 1.47. The lowest BCUT2D eigenvalue weighted by atomic mass is 10.2. The number of pyridine rings is 3. The molecular formula is C22H20N6O3. The van der Waals surface area contributed by atoms with Crippen LogP contribution >= 0.6 is 0 Å². The van der Waals surface area contributed by atoms with Crippen molar-refractivity contribution < 1.29 is 9.53 Å². The van der Waals surface area contributed by atoms with Crippen molar-refractivity contribution >= 4 is 11.7 Å². The number of carbonyl (C=O) groups excluding carboxylic acids is 1. The average molecular weight is 416 g/mol. The largest absolute Gasteiger partial charge is 0.456 e. The third kappa shape index (κ3) is 4.50. The van der Waals surface area contributed by atoms with Crippen LogP contribution in [0.15, 0.2) is 66.1 Å². The summed E-state index contributed by atoms with van der Waals surface area (Å²) in [6, 6.07) is 8.39. The van der Waals surface area contributed by atoms with Crippen LogP contribution in [0.25, 0.3) is 11.3 Å². The number of aromatic nitrogens is 5. The summed E-state index contributed by atoms with van der Waals surface area (Å²) in [5.74, 6) is 0.885. The van der Waals surface area contributed by atoms with Crippen LogP contribution in [0.1, 0.15) is 15.9 Å². The fraction of sp³-hybridized carbons (Fsp3) is 0.136. The Bertz CT molecular complexity index is 1310. The molecule has 4 aromatic heterocycles. The maximum absolute atomic E-state index is 12.5. The Morgan fingerprint density at radius 2 is 1.87 bits per heavy atom. The van der Waals surface area contributed by atoms with Crippen molar-refractivity contribution in [3.63, 3.8) is 0 Å².